The lowest BCUT2D eigenvalue weighted by molar-refractivity contribution is 1.04. The minimum Gasteiger partial charge on any atom is -0.245 e. The molecule has 0 saturated heterocycles. The third-order valence-electron chi connectivity index (χ3n) is 9.94. The lowest BCUT2D eigenvalue weighted by Gasteiger charge is -2.11. The van der Waals surface area contributed by atoms with Crippen molar-refractivity contribution in [1.82, 2.24) is 20.2 Å². The van der Waals surface area contributed by atoms with Gasteiger partial charge in [-0.15, -0.1) is 10.2 Å². The molecule has 3 heterocycles. The van der Waals surface area contributed by atoms with Crippen molar-refractivity contribution in [2.45, 2.75) is 0 Å². The van der Waals surface area contributed by atoms with Gasteiger partial charge >= 0.3 is 0 Å². The topological polar surface area (TPSA) is 51.6 Å². The zero-order valence-corrected chi connectivity index (χ0v) is 28.1. The van der Waals surface area contributed by atoms with Crippen LogP contribution in [-0.4, -0.2) is 20.2 Å². The summed E-state index contributed by atoms with van der Waals surface area (Å²) in [6, 6.07) is 63.6. The second-order valence-electron chi connectivity index (χ2n) is 13.2. The van der Waals surface area contributed by atoms with Gasteiger partial charge in [0.15, 0.2) is 0 Å². The highest BCUT2D eigenvalue weighted by Crippen LogP contribution is 2.34. The molecule has 0 atom stereocenters. The summed E-state index contributed by atoms with van der Waals surface area (Å²) < 4.78 is 0. The van der Waals surface area contributed by atoms with E-state index in [9.17, 15) is 0 Å². The van der Waals surface area contributed by atoms with Gasteiger partial charge in [0.25, 0.3) is 0 Å². The van der Waals surface area contributed by atoms with Crippen molar-refractivity contribution in [2.75, 3.05) is 0 Å². The molecule has 0 spiro atoms. The van der Waals surface area contributed by atoms with Crippen molar-refractivity contribution < 1.29 is 0 Å². The highest BCUT2D eigenvalue weighted by Gasteiger charge is 2.12. The zero-order valence-electron chi connectivity index (χ0n) is 28.1. The molecule has 0 unspecified atom stereocenters. The van der Waals surface area contributed by atoms with Crippen LogP contribution in [0.4, 0.5) is 0 Å². The van der Waals surface area contributed by atoms with Gasteiger partial charge in [-0.1, -0.05) is 140 Å². The summed E-state index contributed by atoms with van der Waals surface area (Å²) in [7, 11) is 0. The Morgan fingerprint density at radius 2 is 0.731 bits per heavy atom. The van der Waals surface area contributed by atoms with Crippen molar-refractivity contribution in [3.63, 3.8) is 0 Å². The van der Waals surface area contributed by atoms with E-state index in [0.717, 1.165) is 66.8 Å². The van der Waals surface area contributed by atoms with Crippen molar-refractivity contribution in [3.8, 4) is 56.2 Å². The fourth-order valence-electron chi connectivity index (χ4n) is 7.24. The Labute approximate surface area is 300 Å². The van der Waals surface area contributed by atoms with Gasteiger partial charge in [-0.2, -0.15) is 0 Å². The average molecular weight is 663 g/mol. The smallest absolute Gasteiger partial charge is 0.0972 e. The molecule has 10 aromatic rings. The van der Waals surface area contributed by atoms with Crippen LogP contribution >= 0.6 is 0 Å². The molecule has 7 aromatic carbocycles. The zero-order chi connectivity index (χ0) is 34.4. The Balaban J connectivity index is 0.996. The number of aromatic nitrogens is 4. The molecule has 0 amide bonds. The monoisotopic (exact) mass is 662 g/mol. The fourth-order valence-corrected chi connectivity index (χ4v) is 7.24. The molecular formula is C48H30N4. The Bertz CT molecular complexity index is 2960. The number of hydrogen-bond acceptors (Lipinski definition) is 4. The van der Waals surface area contributed by atoms with Crippen molar-refractivity contribution in [1.29, 1.82) is 0 Å². The van der Waals surface area contributed by atoms with E-state index in [1.165, 1.54) is 32.7 Å². The second kappa shape index (κ2) is 12.4. The van der Waals surface area contributed by atoms with Crippen molar-refractivity contribution in [2.24, 2.45) is 0 Å². The molecule has 0 saturated carbocycles. The third kappa shape index (κ3) is 5.34. The Morgan fingerprint density at radius 1 is 0.269 bits per heavy atom. The fraction of sp³-hybridized carbons (Fsp3) is 0. The van der Waals surface area contributed by atoms with Crippen molar-refractivity contribution in [3.05, 3.63) is 182 Å². The molecule has 0 aliphatic rings. The standard InChI is InChI=1S/C48H30N4/c1-2-10-35-28-40(21-18-31(35)8-1)46-27-26-45(51-52-46)39-15-6-14-38(30-39)44-25-23-34-20-19-33-22-24-43(49-47(33)48(34)50-44)37-13-5-12-36(29-37)42-17-7-11-32-9-3-4-16-41(32)42/h1-30H. The highest BCUT2D eigenvalue weighted by molar-refractivity contribution is 6.04. The number of pyridine rings is 2. The molecule has 0 aliphatic carbocycles. The molecule has 0 N–H and O–H groups in total. The van der Waals surface area contributed by atoms with E-state index in [0.29, 0.717) is 0 Å². The molecule has 0 aliphatic heterocycles. The predicted octanol–water partition coefficient (Wildman–Crippen LogP) is 12.2. The number of hydrogen-bond donors (Lipinski definition) is 0. The molecule has 4 heteroatoms. The normalized spacial score (nSPS) is 11.5. The lowest BCUT2D eigenvalue weighted by atomic mass is 9.96. The van der Waals surface area contributed by atoms with Crippen LogP contribution in [0.2, 0.25) is 0 Å². The minimum absolute atomic E-state index is 0.815. The van der Waals surface area contributed by atoms with Gasteiger partial charge in [-0.05, 0) is 75.1 Å². The quantitative estimate of drug-likeness (QED) is 0.172. The molecule has 3 aromatic heterocycles. The summed E-state index contributed by atoms with van der Waals surface area (Å²) in [5.74, 6) is 0. The molecule has 4 nitrogen and oxygen atoms in total. The van der Waals surface area contributed by atoms with Crippen LogP contribution in [0.15, 0.2) is 182 Å². The van der Waals surface area contributed by atoms with Crippen LogP contribution in [0, 0.1) is 0 Å². The molecule has 0 bridgehead atoms. The highest BCUT2D eigenvalue weighted by atomic mass is 15.1. The van der Waals surface area contributed by atoms with Crippen LogP contribution in [-0.2, 0) is 0 Å². The summed E-state index contributed by atoms with van der Waals surface area (Å²) in [6.45, 7) is 0. The van der Waals surface area contributed by atoms with Gasteiger partial charge < -0.3 is 0 Å². The van der Waals surface area contributed by atoms with E-state index < -0.39 is 0 Å². The van der Waals surface area contributed by atoms with Gasteiger partial charge in [0, 0.05) is 33.0 Å². The Morgan fingerprint density at radius 3 is 1.40 bits per heavy atom. The van der Waals surface area contributed by atoms with Gasteiger partial charge in [0.05, 0.1) is 33.8 Å². The minimum atomic E-state index is 0.815. The molecule has 0 fully saturated rings. The third-order valence-corrected chi connectivity index (χ3v) is 9.94. The molecule has 242 valence electrons. The molecule has 52 heavy (non-hydrogen) atoms. The van der Waals surface area contributed by atoms with E-state index in [1.807, 2.05) is 12.1 Å². The second-order valence-corrected chi connectivity index (χ2v) is 13.2. The predicted molar refractivity (Wildman–Crippen MR) is 215 cm³/mol. The van der Waals surface area contributed by atoms with Crippen LogP contribution in [0.25, 0.3) is 99.5 Å². The summed E-state index contributed by atoms with van der Waals surface area (Å²) in [5, 5.41) is 16.2. The van der Waals surface area contributed by atoms with Crippen LogP contribution in [0.5, 0.6) is 0 Å². The maximum absolute atomic E-state index is 5.24. The van der Waals surface area contributed by atoms with Gasteiger partial charge in [-0.25, -0.2) is 9.97 Å². The number of fused-ring (bicyclic) bond motifs is 5. The van der Waals surface area contributed by atoms with Gasteiger partial charge in [-0.3, -0.25) is 0 Å². The first-order valence-corrected chi connectivity index (χ1v) is 17.5. The summed E-state index contributed by atoms with van der Waals surface area (Å²) in [6.07, 6.45) is 0. The maximum atomic E-state index is 5.24. The van der Waals surface area contributed by atoms with Crippen molar-refractivity contribution >= 4 is 43.4 Å². The summed E-state index contributed by atoms with van der Waals surface area (Å²) >= 11 is 0. The van der Waals surface area contributed by atoms with E-state index in [4.69, 9.17) is 9.97 Å². The largest absolute Gasteiger partial charge is 0.245 e. The van der Waals surface area contributed by atoms with Crippen LogP contribution in [0.3, 0.4) is 0 Å². The number of benzene rings is 7. The van der Waals surface area contributed by atoms with Gasteiger partial charge in [0.1, 0.15) is 0 Å². The average Bonchev–Trinajstić information content (AvgIpc) is 3.23. The first-order chi connectivity index (χ1) is 25.7. The summed E-state index contributed by atoms with van der Waals surface area (Å²) in [5.41, 5.74) is 11.7. The Kier molecular flexibility index (Phi) is 7.10. The van der Waals surface area contributed by atoms with E-state index in [-0.39, 0.29) is 0 Å². The first-order valence-electron chi connectivity index (χ1n) is 17.5. The van der Waals surface area contributed by atoms with E-state index in [2.05, 4.69) is 180 Å². The Hall–Kier alpha value is -7.04. The molecule has 0 radical (unpaired) electrons. The summed E-state index contributed by atoms with van der Waals surface area (Å²) in [4.78, 5) is 10.5. The van der Waals surface area contributed by atoms with E-state index >= 15 is 0 Å². The molecular weight excluding hydrogens is 633 g/mol. The first kappa shape index (κ1) is 29.8. The SMILES string of the molecule is c1cc(-c2ccc(-c3ccc4ccccc4c3)nn2)cc(-c2ccc3ccc4ccc(-c5cccc(-c6cccc7ccccc67)c5)nc4c3n2)c1. The van der Waals surface area contributed by atoms with Crippen LogP contribution < -0.4 is 0 Å². The molecule has 10 rings (SSSR count). The van der Waals surface area contributed by atoms with E-state index in [1.54, 1.807) is 0 Å². The van der Waals surface area contributed by atoms with Gasteiger partial charge in [0.2, 0.25) is 0 Å². The maximum Gasteiger partial charge on any atom is 0.0972 e. The number of nitrogens with zero attached hydrogens (tertiary/aromatic N) is 4. The van der Waals surface area contributed by atoms with Crippen LogP contribution in [0.1, 0.15) is 0 Å². The lowest BCUT2D eigenvalue weighted by Crippen LogP contribution is -1.93. The number of rotatable bonds is 5.